The zero-order valence-electron chi connectivity index (χ0n) is 36.2. The van der Waals surface area contributed by atoms with E-state index in [2.05, 4.69) is 0 Å². The van der Waals surface area contributed by atoms with Crippen LogP contribution in [0.1, 0.15) is 72.1 Å². The van der Waals surface area contributed by atoms with E-state index in [1.807, 2.05) is 102 Å². The Labute approximate surface area is 353 Å². The summed E-state index contributed by atoms with van der Waals surface area (Å²) in [5, 5.41) is 45.2. The van der Waals surface area contributed by atoms with E-state index in [1.54, 1.807) is 54.6 Å². The van der Waals surface area contributed by atoms with Crippen LogP contribution in [0.5, 0.6) is 0 Å². The van der Waals surface area contributed by atoms with Crippen molar-refractivity contribution in [1.82, 2.24) is 0 Å². The Kier molecular flexibility index (Phi) is 53.5. The second kappa shape index (κ2) is 49.2. The minimum absolute atomic E-state index is 0. The molecular weight excluding hydrogens is 757 g/mol. The smallest absolute Gasteiger partial charge is 0.427 e. The number of rotatable bonds is 3. The van der Waals surface area contributed by atoms with Crippen LogP contribution in [-0.4, -0.2) is 43.5 Å². The van der Waals surface area contributed by atoms with Crippen LogP contribution < -0.4 is 11.5 Å². The van der Waals surface area contributed by atoms with Gasteiger partial charge in [-0.1, -0.05) is 133 Å². The molecule has 0 amide bonds. The van der Waals surface area contributed by atoms with Crippen molar-refractivity contribution >= 4 is 47.1 Å². The summed E-state index contributed by atoms with van der Waals surface area (Å²) < 4.78 is 0. The molecule has 0 aliphatic carbocycles. The van der Waals surface area contributed by atoms with Gasteiger partial charge in [-0.15, -0.1) is 0 Å². The molecular formula is C43H68BN5O10. The number of carbonyl (C=O) groups is 2. The van der Waals surface area contributed by atoms with E-state index in [4.69, 9.17) is 21.5 Å². The molecule has 328 valence electrons. The number of nitro benzene ring substituents is 3. The normalized spacial score (nSPS) is 7.75. The molecule has 5 rings (SSSR count). The molecule has 0 fully saturated rings. The van der Waals surface area contributed by atoms with E-state index in [0.717, 1.165) is 11.4 Å². The third-order valence-electron chi connectivity index (χ3n) is 4.50. The number of para-hydroxylation sites is 5. The Morgan fingerprint density at radius 1 is 0.441 bits per heavy atom. The van der Waals surface area contributed by atoms with Gasteiger partial charge in [-0.2, -0.15) is 0 Å². The number of nitrogens with zero attached hydrogens (tertiary/aromatic N) is 3. The number of Topliss-reactive ketones (excluding diaryl/α,β-unsaturated/α-hetero) is 2. The molecule has 0 atom stereocenters. The topological polar surface area (TPSA) is 256 Å². The molecule has 0 spiro atoms. The molecule has 0 aliphatic rings. The van der Waals surface area contributed by atoms with E-state index in [9.17, 15) is 39.9 Å². The summed E-state index contributed by atoms with van der Waals surface area (Å²) in [5.41, 5.74) is 12.8. The highest BCUT2D eigenvalue weighted by molar-refractivity contribution is 6.38. The van der Waals surface area contributed by atoms with Crippen molar-refractivity contribution in [1.29, 1.82) is 0 Å². The molecule has 16 heteroatoms. The van der Waals surface area contributed by atoms with Crippen molar-refractivity contribution in [2.24, 2.45) is 0 Å². The molecule has 59 heavy (non-hydrogen) atoms. The van der Waals surface area contributed by atoms with Crippen LogP contribution in [0.4, 0.5) is 28.4 Å². The Hall–Kier alpha value is -6.78. The first-order chi connectivity index (χ1) is 27.9. The van der Waals surface area contributed by atoms with Crippen LogP contribution in [-0.2, 0) is 9.59 Å². The zero-order valence-corrected chi connectivity index (χ0v) is 36.2. The first-order valence-corrected chi connectivity index (χ1v) is 18.4. The highest BCUT2D eigenvalue weighted by atomic mass is 16.6. The molecule has 5 aromatic carbocycles. The Balaban J connectivity index is -0.0000000872. The van der Waals surface area contributed by atoms with Crippen molar-refractivity contribution in [3.63, 3.8) is 0 Å². The molecule has 0 saturated heterocycles. The summed E-state index contributed by atoms with van der Waals surface area (Å²) in [6, 6.07) is 42.8. The third-order valence-corrected chi connectivity index (χ3v) is 4.50. The number of carbonyl (C=O) groups excluding carboxylic acids is 2. The zero-order chi connectivity index (χ0) is 47.0. The standard InChI is InChI=1S/3C6H5NO2.2C6H7N.2C3H6O.3C2H6.CH5BO2.2H2/c3*8-7(9)6-4-2-1-3-5-6;2*7-6-4-2-1-3-5-6;2*1-3(2)4;3*1-2;1-2(3)4;;/h3*1-5H;2*1-5H,7H2;2*1-2H3;3*1-2H3;3-4H,1H3;2*1H. The van der Waals surface area contributed by atoms with Crippen LogP contribution >= 0.6 is 0 Å². The first-order valence-electron chi connectivity index (χ1n) is 18.4. The Bertz CT molecular complexity index is 1510. The number of nitrogen functional groups attached to an aromatic ring is 2. The van der Waals surface area contributed by atoms with Gasteiger partial charge >= 0.3 is 7.12 Å². The maximum Gasteiger partial charge on any atom is 0.448 e. The van der Waals surface area contributed by atoms with Gasteiger partial charge in [-0.25, -0.2) is 0 Å². The molecule has 15 nitrogen and oxygen atoms in total. The van der Waals surface area contributed by atoms with Gasteiger partial charge < -0.3 is 31.1 Å². The highest BCUT2D eigenvalue weighted by Gasteiger charge is 2.00. The summed E-state index contributed by atoms with van der Waals surface area (Å²) in [5.74, 6) is 0.333. The summed E-state index contributed by atoms with van der Waals surface area (Å²) in [7, 11) is -1.17. The summed E-state index contributed by atoms with van der Waals surface area (Å²) in [6.07, 6.45) is 0. The molecule has 0 bridgehead atoms. The number of non-ortho nitro benzene ring substituents is 3. The minimum atomic E-state index is -1.17. The van der Waals surface area contributed by atoms with Crippen LogP contribution in [0.2, 0.25) is 6.82 Å². The number of nitro groups is 3. The average molecular weight is 826 g/mol. The molecule has 6 N–H and O–H groups in total. The predicted molar refractivity (Wildman–Crippen MR) is 248 cm³/mol. The van der Waals surface area contributed by atoms with Crippen LogP contribution in [0.25, 0.3) is 0 Å². The Morgan fingerprint density at radius 2 is 0.559 bits per heavy atom. The lowest BCUT2D eigenvalue weighted by Gasteiger charge is -1.85. The summed E-state index contributed by atoms with van der Waals surface area (Å²) in [6.45, 7) is 19.4. The first kappa shape index (κ1) is 64.1. The SMILES string of the molecule is CB(O)O.CC.CC.CC.CC(C)=O.CC(C)=O.Nc1ccccc1.Nc1ccccc1.O=[N+]([O-])c1ccccc1.O=[N+]([O-])c1ccccc1.O=[N+]([O-])c1ccccc1.[HH].[HH]. The second-order valence-corrected chi connectivity index (χ2v) is 10.0. The molecule has 0 aliphatic heterocycles. The molecule has 0 heterocycles. The maximum atomic E-state index is 10.0. The van der Waals surface area contributed by atoms with Crippen molar-refractivity contribution in [3.05, 3.63) is 182 Å². The lowest BCUT2D eigenvalue weighted by Crippen LogP contribution is -2.00. The van der Waals surface area contributed by atoms with Crippen LogP contribution in [0.3, 0.4) is 0 Å². The van der Waals surface area contributed by atoms with Crippen molar-refractivity contribution in [3.8, 4) is 0 Å². The molecule has 0 unspecified atom stereocenters. The fourth-order valence-electron chi connectivity index (χ4n) is 2.56. The van der Waals surface area contributed by atoms with Crippen molar-refractivity contribution in [2.75, 3.05) is 11.5 Å². The molecule has 0 aromatic heterocycles. The number of nitrogens with two attached hydrogens (primary N) is 2. The fourth-order valence-corrected chi connectivity index (χ4v) is 2.56. The molecule has 0 saturated carbocycles. The number of anilines is 2. The van der Waals surface area contributed by atoms with Gasteiger partial charge in [0.1, 0.15) is 11.6 Å². The summed E-state index contributed by atoms with van der Waals surface area (Å²) >= 11 is 0. The van der Waals surface area contributed by atoms with Crippen molar-refractivity contribution < 1.29 is 37.3 Å². The van der Waals surface area contributed by atoms with Gasteiger partial charge in [0, 0.05) is 50.6 Å². The summed E-state index contributed by atoms with van der Waals surface area (Å²) in [4.78, 5) is 47.7. The highest BCUT2D eigenvalue weighted by Crippen LogP contribution is 2.08. The quantitative estimate of drug-likeness (QED) is 0.0573. The van der Waals surface area contributed by atoms with E-state index in [1.165, 1.54) is 70.9 Å². The predicted octanol–water partition coefficient (Wildman–Crippen LogP) is 11.2. The van der Waals surface area contributed by atoms with Crippen LogP contribution in [0, 0.1) is 30.3 Å². The van der Waals surface area contributed by atoms with Gasteiger partial charge in [0.2, 0.25) is 0 Å². The lowest BCUT2D eigenvalue weighted by atomic mass is 9.99. The number of hydrogen-bond acceptors (Lipinski definition) is 12. The minimum Gasteiger partial charge on any atom is -0.427 e. The van der Waals surface area contributed by atoms with E-state index in [-0.39, 0.29) is 31.5 Å². The van der Waals surface area contributed by atoms with Gasteiger partial charge in [0.25, 0.3) is 17.1 Å². The Morgan fingerprint density at radius 3 is 0.627 bits per heavy atom. The van der Waals surface area contributed by atoms with Gasteiger partial charge in [0.05, 0.1) is 14.8 Å². The number of hydrogen-bond donors (Lipinski definition) is 4. The molecule has 0 radical (unpaired) electrons. The fraction of sp³-hybridized carbons (Fsp3) is 0.256. The van der Waals surface area contributed by atoms with E-state index < -0.39 is 21.9 Å². The monoisotopic (exact) mass is 826 g/mol. The molecule has 5 aromatic rings. The lowest BCUT2D eigenvalue weighted by molar-refractivity contribution is -0.385. The van der Waals surface area contributed by atoms with E-state index >= 15 is 0 Å². The number of benzene rings is 5. The van der Waals surface area contributed by atoms with Gasteiger partial charge in [0.15, 0.2) is 0 Å². The largest absolute Gasteiger partial charge is 0.448 e. The second-order valence-electron chi connectivity index (χ2n) is 10.0. The van der Waals surface area contributed by atoms with Gasteiger partial charge in [-0.05, 0) is 58.8 Å². The average Bonchev–Trinajstić information content (AvgIpc) is 3.22. The van der Waals surface area contributed by atoms with E-state index in [0.29, 0.717) is 0 Å². The van der Waals surface area contributed by atoms with Crippen LogP contribution in [0.15, 0.2) is 152 Å². The van der Waals surface area contributed by atoms with Gasteiger partial charge in [-0.3, -0.25) is 30.3 Å². The number of ketones is 2. The van der Waals surface area contributed by atoms with Crippen molar-refractivity contribution in [2.45, 2.75) is 76.1 Å². The maximum absolute atomic E-state index is 10.0. The third kappa shape index (κ3) is 60.7.